The Bertz CT molecular complexity index is 1180. The molecule has 2 fully saturated rings. The van der Waals surface area contributed by atoms with Crippen molar-refractivity contribution in [1.29, 1.82) is 0 Å². The topological polar surface area (TPSA) is 167 Å². The van der Waals surface area contributed by atoms with Crippen LogP contribution in [-0.2, 0) is 54.0 Å². The van der Waals surface area contributed by atoms with E-state index in [4.69, 9.17) is 34.8 Å². The summed E-state index contributed by atoms with van der Waals surface area (Å²) in [6.07, 6.45) is 1.55. The molecule has 1 aromatic rings. The van der Waals surface area contributed by atoms with Crippen LogP contribution in [0.1, 0.15) is 46.1 Å². The number of aliphatic hydroxyl groups is 2. The highest BCUT2D eigenvalue weighted by Gasteiger charge is 2.60. The van der Waals surface area contributed by atoms with E-state index in [1.807, 2.05) is 4.90 Å². The van der Waals surface area contributed by atoms with Crippen molar-refractivity contribution in [3.8, 4) is 12.3 Å². The SMILES string of the molecule is C#C[C@@]1(OC(C)=O)[C@@H](COC(Cc2ccc(N3CCCC3C(=O)OCC)cc2)(C(=O)OCC)C(=O)OCC)OC(O)[C@@H]1O. The zero-order chi connectivity index (χ0) is 31.8. The third-order valence-corrected chi connectivity index (χ3v) is 7.25. The number of rotatable bonds is 13. The number of ether oxygens (including phenoxy) is 6. The summed E-state index contributed by atoms with van der Waals surface area (Å²) in [4.78, 5) is 53.0. The lowest BCUT2D eigenvalue weighted by atomic mass is 9.91. The van der Waals surface area contributed by atoms with Crippen molar-refractivity contribution < 1.29 is 57.8 Å². The van der Waals surface area contributed by atoms with Gasteiger partial charge in [0.15, 0.2) is 12.4 Å². The summed E-state index contributed by atoms with van der Waals surface area (Å²) in [5.41, 5.74) is -3.31. The predicted octanol–water partition coefficient (Wildman–Crippen LogP) is 0.656. The minimum Gasteiger partial charge on any atom is -0.464 e. The van der Waals surface area contributed by atoms with Gasteiger partial charge in [-0.15, -0.1) is 6.42 Å². The lowest BCUT2D eigenvalue weighted by Crippen LogP contribution is -2.57. The van der Waals surface area contributed by atoms with Crippen molar-refractivity contribution >= 4 is 29.6 Å². The minimum absolute atomic E-state index is 0.0917. The number of nitrogens with zero attached hydrogens (tertiary/aromatic N) is 1. The van der Waals surface area contributed by atoms with E-state index in [0.717, 1.165) is 19.0 Å². The largest absolute Gasteiger partial charge is 0.464 e. The van der Waals surface area contributed by atoms with E-state index in [1.165, 1.54) is 0 Å². The predicted molar refractivity (Wildman–Crippen MR) is 149 cm³/mol. The second-order valence-corrected chi connectivity index (χ2v) is 10.0. The molecule has 13 heteroatoms. The quantitative estimate of drug-likeness (QED) is 0.139. The molecule has 2 unspecified atom stereocenters. The van der Waals surface area contributed by atoms with E-state index in [-0.39, 0.29) is 32.2 Å². The van der Waals surface area contributed by atoms with Gasteiger partial charge in [0.1, 0.15) is 12.1 Å². The fourth-order valence-electron chi connectivity index (χ4n) is 5.24. The Balaban J connectivity index is 1.94. The van der Waals surface area contributed by atoms with Crippen LogP contribution < -0.4 is 4.90 Å². The first-order valence-electron chi connectivity index (χ1n) is 14.2. The van der Waals surface area contributed by atoms with Crippen molar-refractivity contribution in [2.45, 2.75) is 82.7 Å². The van der Waals surface area contributed by atoms with Gasteiger partial charge in [0, 0.05) is 25.6 Å². The summed E-state index contributed by atoms with van der Waals surface area (Å²) in [6.45, 7) is 5.97. The van der Waals surface area contributed by atoms with Crippen LogP contribution in [0.4, 0.5) is 5.69 Å². The fourth-order valence-corrected chi connectivity index (χ4v) is 5.24. The molecule has 0 amide bonds. The van der Waals surface area contributed by atoms with Crippen LogP contribution in [0.5, 0.6) is 0 Å². The summed E-state index contributed by atoms with van der Waals surface area (Å²) in [6, 6.07) is 6.45. The zero-order valence-electron chi connectivity index (χ0n) is 24.8. The molecule has 0 bridgehead atoms. The van der Waals surface area contributed by atoms with Crippen LogP contribution in [-0.4, -0.2) is 103 Å². The fraction of sp³-hybridized carbons (Fsp3) is 0.600. The van der Waals surface area contributed by atoms with Gasteiger partial charge in [-0.3, -0.25) is 4.79 Å². The average Bonchev–Trinajstić information content (AvgIpc) is 3.55. The number of carbonyl (C=O) groups is 4. The molecule has 5 atom stereocenters. The highest BCUT2D eigenvalue weighted by atomic mass is 16.7. The second-order valence-electron chi connectivity index (χ2n) is 10.0. The number of carbonyl (C=O) groups excluding carboxylic acids is 4. The molecule has 0 radical (unpaired) electrons. The zero-order valence-corrected chi connectivity index (χ0v) is 24.8. The molecule has 236 valence electrons. The van der Waals surface area contributed by atoms with Gasteiger partial charge in [-0.1, -0.05) is 18.1 Å². The van der Waals surface area contributed by atoms with Crippen molar-refractivity contribution in [3.05, 3.63) is 29.8 Å². The number of hydrogen-bond donors (Lipinski definition) is 2. The number of anilines is 1. The summed E-state index contributed by atoms with van der Waals surface area (Å²) >= 11 is 0. The third kappa shape index (κ3) is 7.10. The monoisotopic (exact) mass is 605 g/mol. The van der Waals surface area contributed by atoms with Crippen molar-refractivity contribution in [1.82, 2.24) is 0 Å². The number of terminal acetylenes is 1. The third-order valence-electron chi connectivity index (χ3n) is 7.25. The molecular weight excluding hydrogens is 566 g/mol. The van der Waals surface area contributed by atoms with Gasteiger partial charge >= 0.3 is 23.9 Å². The molecule has 2 saturated heterocycles. The molecular formula is C30H39NO12. The molecule has 0 saturated carbocycles. The Morgan fingerprint density at radius 3 is 2.19 bits per heavy atom. The van der Waals surface area contributed by atoms with Crippen LogP contribution in [0.25, 0.3) is 0 Å². The van der Waals surface area contributed by atoms with Crippen LogP contribution >= 0.6 is 0 Å². The van der Waals surface area contributed by atoms with Crippen LogP contribution in [0.3, 0.4) is 0 Å². The standard InChI is InChI=1S/C30H39NO12/c1-6-29(43-19(5)32)23(42-26(35)24(29)33)18-41-30(27(36)39-8-3,28(37)40-9-4)17-20-12-14-21(15-13-20)31-16-10-11-22(31)25(34)38-7-2/h1,12-15,22-24,26,33,35H,7-11,16-18H2,2-5H3/t22?,23-,24+,26?,29-/m1/s1. The van der Waals surface area contributed by atoms with Gasteiger partial charge in [-0.2, -0.15) is 0 Å². The first-order valence-corrected chi connectivity index (χ1v) is 14.2. The highest BCUT2D eigenvalue weighted by Crippen LogP contribution is 2.36. The Kier molecular flexibility index (Phi) is 11.5. The van der Waals surface area contributed by atoms with E-state index in [2.05, 4.69) is 5.92 Å². The summed E-state index contributed by atoms with van der Waals surface area (Å²) in [5.74, 6) is -1.13. The van der Waals surface area contributed by atoms with Crippen molar-refractivity contribution in [3.63, 3.8) is 0 Å². The second kappa shape index (κ2) is 14.7. The van der Waals surface area contributed by atoms with Gasteiger partial charge in [0.05, 0.1) is 26.4 Å². The molecule has 13 nitrogen and oxygen atoms in total. The van der Waals surface area contributed by atoms with Gasteiger partial charge < -0.3 is 43.5 Å². The number of benzene rings is 1. The summed E-state index contributed by atoms with van der Waals surface area (Å²) < 4.78 is 32.1. The lowest BCUT2D eigenvalue weighted by molar-refractivity contribution is -0.202. The molecule has 3 rings (SSSR count). The Morgan fingerprint density at radius 2 is 1.65 bits per heavy atom. The Labute approximate surface area is 250 Å². The molecule has 0 aliphatic carbocycles. The van der Waals surface area contributed by atoms with Crippen molar-refractivity contribution in [2.24, 2.45) is 0 Å². The lowest BCUT2D eigenvalue weighted by Gasteiger charge is -2.34. The molecule has 1 aromatic carbocycles. The van der Waals surface area contributed by atoms with E-state index >= 15 is 0 Å². The van der Waals surface area contributed by atoms with Crippen LogP contribution in [0.2, 0.25) is 0 Å². The maximum atomic E-state index is 13.4. The van der Waals surface area contributed by atoms with Crippen LogP contribution in [0, 0.1) is 12.3 Å². The molecule has 2 aliphatic rings. The smallest absolute Gasteiger partial charge is 0.350 e. The molecule has 0 spiro atoms. The molecule has 2 aliphatic heterocycles. The van der Waals surface area contributed by atoms with Gasteiger partial charge in [0.2, 0.25) is 5.60 Å². The maximum absolute atomic E-state index is 13.4. The van der Waals surface area contributed by atoms with Crippen molar-refractivity contribution in [2.75, 3.05) is 37.9 Å². The van der Waals surface area contributed by atoms with Gasteiger partial charge in [-0.05, 0) is 51.3 Å². The molecule has 0 aromatic heterocycles. The average molecular weight is 606 g/mol. The molecule has 2 heterocycles. The Hall–Kier alpha value is -3.70. The van der Waals surface area contributed by atoms with E-state index in [0.29, 0.717) is 18.5 Å². The number of aliphatic hydroxyl groups excluding tert-OH is 2. The van der Waals surface area contributed by atoms with E-state index in [1.54, 1.807) is 45.0 Å². The van der Waals surface area contributed by atoms with Gasteiger partial charge in [-0.25, -0.2) is 14.4 Å². The van der Waals surface area contributed by atoms with E-state index < -0.39 is 60.3 Å². The highest BCUT2D eigenvalue weighted by molar-refractivity contribution is 6.04. The Morgan fingerprint density at radius 1 is 1.05 bits per heavy atom. The minimum atomic E-state index is -2.37. The molecule has 2 N–H and O–H groups in total. The maximum Gasteiger partial charge on any atom is 0.350 e. The van der Waals surface area contributed by atoms with E-state index in [9.17, 15) is 29.4 Å². The number of esters is 4. The first kappa shape index (κ1) is 33.8. The van der Waals surface area contributed by atoms with Gasteiger partial charge in [0.25, 0.3) is 5.60 Å². The van der Waals surface area contributed by atoms with Crippen LogP contribution in [0.15, 0.2) is 24.3 Å². The number of hydrogen-bond acceptors (Lipinski definition) is 13. The summed E-state index contributed by atoms with van der Waals surface area (Å²) in [7, 11) is 0. The molecule has 43 heavy (non-hydrogen) atoms. The first-order chi connectivity index (χ1) is 20.5. The summed E-state index contributed by atoms with van der Waals surface area (Å²) in [5, 5.41) is 20.7. The normalized spacial score (nSPS) is 25.1.